The zero-order chi connectivity index (χ0) is 18.7. The fourth-order valence-electron chi connectivity index (χ4n) is 3.27. The van der Waals surface area contributed by atoms with Gasteiger partial charge in [0, 0.05) is 5.57 Å². The summed E-state index contributed by atoms with van der Waals surface area (Å²) in [6.45, 7) is 7.02. The first-order valence-electron chi connectivity index (χ1n) is 8.75. The van der Waals surface area contributed by atoms with Crippen molar-refractivity contribution in [3.63, 3.8) is 0 Å². The third-order valence-corrected chi connectivity index (χ3v) is 4.79. The molecular formula is C19H22N2O5. The van der Waals surface area contributed by atoms with Gasteiger partial charge in [-0.2, -0.15) is 0 Å². The lowest BCUT2D eigenvalue weighted by Crippen LogP contribution is -3.12. The Morgan fingerprint density at radius 3 is 2.46 bits per heavy atom. The molecule has 7 heteroatoms. The minimum atomic E-state index is -0.822. The van der Waals surface area contributed by atoms with E-state index < -0.39 is 23.5 Å². The summed E-state index contributed by atoms with van der Waals surface area (Å²) in [6.07, 6.45) is 2.82. The summed E-state index contributed by atoms with van der Waals surface area (Å²) in [4.78, 5) is 28.1. The van der Waals surface area contributed by atoms with E-state index in [-0.39, 0.29) is 11.3 Å². The normalized spacial score (nSPS) is 17.6. The van der Waals surface area contributed by atoms with E-state index >= 15 is 0 Å². The molecule has 1 aliphatic rings. The summed E-state index contributed by atoms with van der Waals surface area (Å²) >= 11 is 0. The number of Topliss-reactive ketones (excluding diaryl/α,β-unsaturated/α-hetero) is 1. The molecule has 138 valence electrons. The zero-order valence-electron chi connectivity index (χ0n) is 14.9. The number of nitrogens with zero attached hydrogens (tertiary/aromatic N) is 1. The molecule has 3 heterocycles. The molecular weight excluding hydrogens is 336 g/mol. The van der Waals surface area contributed by atoms with Crippen LogP contribution in [0.2, 0.25) is 0 Å². The van der Waals surface area contributed by atoms with Crippen molar-refractivity contribution in [2.75, 3.05) is 26.2 Å². The average molecular weight is 358 g/mol. The van der Waals surface area contributed by atoms with Crippen LogP contribution in [0.1, 0.15) is 36.2 Å². The van der Waals surface area contributed by atoms with E-state index in [0.717, 1.165) is 13.1 Å². The molecule has 1 amide bonds. The SMILES string of the molecule is CC[NH+](CC)CCN1C(=O)C([O-])=C(C(=O)c2ccco2)C1c1ccco1. The van der Waals surface area contributed by atoms with Crippen LogP contribution in [0.5, 0.6) is 0 Å². The molecule has 26 heavy (non-hydrogen) atoms. The van der Waals surface area contributed by atoms with Crippen molar-refractivity contribution in [3.05, 3.63) is 59.6 Å². The Hall–Kier alpha value is -2.80. The van der Waals surface area contributed by atoms with Crippen LogP contribution in [-0.4, -0.2) is 42.8 Å². The van der Waals surface area contributed by atoms with Gasteiger partial charge in [-0.25, -0.2) is 0 Å². The summed E-state index contributed by atoms with van der Waals surface area (Å²) in [6, 6.07) is 5.57. The lowest BCUT2D eigenvalue weighted by Gasteiger charge is -2.27. The second-order valence-electron chi connectivity index (χ2n) is 6.17. The summed E-state index contributed by atoms with van der Waals surface area (Å²) in [5.41, 5.74) is -0.116. The molecule has 0 saturated heterocycles. The fraction of sp³-hybridized carbons (Fsp3) is 0.368. The molecule has 1 N–H and O–H groups in total. The molecule has 1 unspecified atom stereocenters. The van der Waals surface area contributed by atoms with Gasteiger partial charge in [0.25, 0.3) is 0 Å². The van der Waals surface area contributed by atoms with Gasteiger partial charge in [-0.15, -0.1) is 0 Å². The van der Waals surface area contributed by atoms with Crippen LogP contribution in [0.25, 0.3) is 0 Å². The number of carbonyl (C=O) groups excluding carboxylic acids is 2. The van der Waals surface area contributed by atoms with E-state index in [9.17, 15) is 14.7 Å². The van der Waals surface area contributed by atoms with E-state index in [2.05, 4.69) is 13.8 Å². The second kappa shape index (κ2) is 7.61. The van der Waals surface area contributed by atoms with Gasteiger partial charge in [-0.3, -0.25) is 9.59 Å². The molecule has 3 rings (SSSR count). The fourth-order valence-corrected chi connectivity index (χ4v) is 3.27. The molecule has 1 atom stereocenters. The van der Waals surface area contributed by atoms with Crippen molar-refractivity contribution < 1.29 is 28.4 Å². The van der Waals surface area contributed by atoms with Crippen LogP contribution in [-0.2, 0) is 4.79 Å². The summed E-state index contributed by atoms with van der Waals surface area (Å²) in [5, 5.41) is 12.6. The Balaban J connectivity index is 1.94. The van der Waals surface area contributed by atoms with Crippen molar-refractivity contribution in [3.8, 4) is 0 Å². The summed E-state index contributed by atoms with van der Waals surface area (Å²) in [5.74, 6) is -1.61. The molecule has 1 aliphatic heterocycles. The predicted octanol–water partition coefficient (Wildman–Crippen LogP) is 0.178. The first-order chi connectivity index (χ1) is 12.6. The summed E-state index contributed by atoms with van der Waals surface area (Å²) in [7, 11) is 0. The maximum absolute atomic E-state index is 12.8. The van der Waals surface area contributed by atoms with Gasteiger partial charge in [0.2, 0.25) is 11.7 Å². The van der Waals surface area contributed by atoms with Crippen LogP contribution in [0.4, 0.5) is 0 Å². The Bertz CT molecular complexity index is 788. The number of nitrogens with one attached hydrogen (secondary N) is 1. The quantitative estimate of drug-likeness (QED) is 0.680. The topological polar surface area (TPSA) is 91.2 Å². The number of ketones is 1. The van der Waals surface area contributed by atoms with Gasteiger partial charge in [-0.05, 0) is 43.9 Å². The molecule has 0 radical (unpaired) electrons. The smallest absolute Gasteiger partial charge is 0.240 e. The van der Waals surface area contributed by atoms with Crippen molar-refractivity contribution in [2.24, 2.45) is 0 Å². The van der Waals surface area contributed by atoms with Crippen LogP contribution in [0.15, 0.2) is 57.0 Å². The minimum absolute atomic E-state index is 0.0360. The van der Waals surface area contributed by atoms with Crippen LogP contribution < -0.4 is 10.0 Å². The largest absolute Gasteiger partial charge is 0.868 e. The molecule has 2 aromatic heterocycles. The Morgan fingerprint density at radius 1 is 1.19 bits per heavy atom. The highest BCUT2D eigenvalue weighted by Gasteiger charge is 2.41. The maximum atomic E-state index is 12.8. The van der Waals surface area contributed by atoms with Crippen LogP contribution >= 0.6 is 0 Å². The highest BCUT2D eigenvalue weighted by Crippen LogP contribution is 2.37. The standard InChI is InChI=1S/C19H22N2O5/c1-3-20(4-2)9-10-21-16(13-7-5-11-25-13)15(18(23)19(21)24)17(22)14-8-6-12-26-14/h5-8,11-12,16,23H,3-4,9-10H2,1-2H3. The number of rotatable bonds is 8. The van der Waals surface area contributed by atoms with Gasteiger partial charge >= 0.3 is 0 Å². The second-order valence-corrected chi connectivity index (χ2v) is 6.17. The number of hydrogen-bond acceptors (Lipinski definition) is 5. The summed E-state index contributed by atoms with van der Waals surface area (Å²) < 4.78 is 10.6. The molecule has 0 fully saturated rings. The Labute approximate surface area is 151 Å². The number of quaternary nitrogens is 1. The lowest BCUT2D eigenvalue weighted by molar-refractivity contribution is -0.895. The molecule has 0 spiro atoms. The molecule has 0 aliphatic carbocycles. The van der Waals surface area contributed by atoms with Crippen LogP contribution in [0.3, 0.4) is 0 Å². The maximum Gasteiger partial charge on any atom is 0.240 e. The molecule has 0 bridgehead atoms. The van der Waals surface area contributed by atoms with E-state index in [4.69, 9.17) is 8.83 Å². The van der Waals surface area contributed by atoms with Crippen LogP contribution in [0, 0.1) is 0 Å². The molecule has 7 nitrogen and oxygen atoms in total. The Kier molecular flexibility index (Phi) is 5.27. The van der Waals surface area contributed by atoms with Crippen molar-refractivity contribution in [1.29, 1.82) is 0 Å². The number of hydrogen-bond donors (Lipinski definition) is 1. The zero-order valence-corrected chi connectivity index (χ0v) is 14.9. The third-order valence-electron chi connectivity index (χ3n) is 4.79. The monoisotopic (exact) mass is 358 g/mol. The van der Waals surface area contributed by atoms with Gasteiger partial charge in [0.05, 0.1) is 38.7 Å². The third kappa shape index (κ3) is 3.17. The number of carbonyl (C=O) groups is 2. The van der Waals surface area contributed by atoms with Crippen molar-refractivity contribution in [2.45, 2.75) is 19.9 Å². The van der Waals surface area contributed by atoms with E-state index in [1.54, 1.807) is 18.2 Å². The average Bonchev–Trinajstić information content (AvgIpc) is 3.39. The van der Waals surface area contributed by atoms with E-state index in [1.165, 1.54) is 28.4 Å². The van der Waals surface area contributed by atoms with E-state index in [0.29, 0.717) is 18.8 Å². The first-order valence-corrected chi connectivity index (χ1v) is 8.75. The van der Waals surface area contributed by atoms with Crippen molar-refractivity contribution in [1.82, 2.24) is 4.90 Å². The molecule has 0 aromatic carbocycles. The lowest BCUT2D eigenvalue weighted by atomic mass is 10.00. The molecule has 2 aromatic rings. The number of amides is 1. The highest BCUT2D eigenvalue weighted by atomic mass is 16.3. The minimum Gasteiger partial charge on any atom is -0.868 e. The number of furan rings is 2. The highest BCUT2D eigenvalue weighted by molar-refractivity contribution is 6.14. The van der Waals surface area contributed by atoms with E-state index in [1.807, 2.05) is 0 Å². The number of likely N-dealkylation sites (N-methyl/N-ethyl adjacent to an activating group) is 1. The first kappa shape index (κ1) is 18.0. The van der Waals surface area contributed by atoms with Gasteiger partial charge in [-0.1, -0.05) is 0 Å². The van der Waals surface area contributed by atoms with Crippen molar-refractivity contribution >= 4 is 11.7 Å². The molecule has 0 saturated carbocycles. The van der Waals surface area contributed by atoms with Gasteiger partial charge in [0.15, 0.2) is 5.76 Å². The Morgan fingerprint density at radius 2 is 1.88 bits per heavy atom. The van der Waals surface area contributed by atoms with Gasteiger partial charge in [0.1, 0.15) is 11.8 Å². The predicted molar refractivity (Wildman–Crippen MR) is 90.1 cm³/mol. The van der Waals surface area contributed by atoms with Gasteiger partial charge < -0.3 is 23.7 Å².